The van der Waals surface area contributed by atoms with Crippen molar-refractivity contribution in [3.8, 4) is 0 Å². The summed E-state index contributed by atoms with van der Waals surface area (Å²) in [4.78, 5) is 47.2. The van der Waals surface area contributed by atoms with Crippen LogP contribution in [-0.2, 0) is 22.2 Å². The zero-order valence-corrected chi connectivity index (χ0v) is 20.2. The molecule has 6 rings (SSSR count). The summed E-state index contributed by atoms with van der Waals surface area (Å²) >= 11 is 0. The van der Waals surface area contributed by atoms with Crippen molar-refractivity contribution in [2.24, 2.45) is 13.0 Å². The molecule has 3 amide bonds. The lowest BCUT2D eigenvalue weighted by Crippen LogP contribution is -2.56. The third-order valence-electron chi connectivity index (χ3n) is 8.38. The Morgan fingerprint density at radius 2 is 1.89 bits per heavy atom. The van der Waals surface area contributed by atoms with Crippen LogP contribution in [0.3, 0.4) is 0 Å². The first-order chi connectivity index (χ1) is 17.0. The molecule has 1 N–H and O–H groups in total. The Labute approximate surface area is 205 Å². The molecule has 0 radical (unpaired) electrons. The van der Waals surface area contributed by atoms with Gasteiger partial charge in [0.25, 0.3) is 11.8 Å². The molecule has 1 aromatic carbocycles. The predicted octanol–water partition coefficient (Wildman–Crippen LogP) is 1.50. The van der Waals surface area contributed by atoms with Gasteiger partial charge in [-0.2, -0.15) is 5.10 Å². The van der Waals surface area contributed by atoms with Crippen molar-refractivity contribution in [2.45, 2.75) is 43.7 Å². The summed E-state index contributed by atoms with van der Waals surface area (Å²) in [5.74, 6) is -0.507. The molecule has 2 aromatic rings. The Morgan fingerprint density at radius 1 is 1.06 bits per heavy atom. The second-order valence-corrected chi connectivity index (χ2v) is 10.1. The van der Waals surface area contributed by atoms with Gasteiger partial charge in [0.1, 0.15) is 11.2 Å². The number of para-hydroxylation sites is 1. The third-order valence-corrected chi connectivity index (χ3v) is 8.38. The number of rotatable bonds is 1. The number of fused-ring (bicyclic) bond motifs is 4. The maximum absolute atomic E-state index is 14.3. The molecule has 0 unspecified atom stereocenters. The molecule has 35 heavy (non-hydrogen) atoms. The molecule has 9 heteroatoms. The van der Waals surface area contributed by atoms with Crippen molar-refractivity contribution in [2.75, 3.05) is 37.6 Å². The molecule has 2 bridgehead atoms. The summed E-state index contributed by atoms with van der Waals surface area (Å²) in [6, 6.07) is 9.98. The second-order valence-electron chi connectivity index (χ2n) is 10.1. The van der Waals surface area contributed by atoms with Gasteiger partial charge in [-0.3, -0.25) is 24.0 Å². The third kappa shape index (κ3) is 3.24. The van der Waals surface area contributed by atoms with Gasteiger partial charge in [-0.25, -0.2) is 0 Å². The zero-order valence-electron chi connectivity index (χ0n) is 20.2. The normalized spacial score (nSPS) is 29.1. The molecule has 3 saturated heterocycles. The van der Waals surface area contributed by atoms with E-state index in [-0.39, 0.29) is 23.8 Å². The summed E-state index contributed by atoms with van der Waals surface area (Å²) in [6.45, 7) is 2.91. The Bertz CT molecular complexity index is 1180. The highest BCUT2D eigenvalue weighted by Gasteiger charge is 2.66. The number of hydrogen-bond acceptors (Lipinski definition) is 5. The smallest absolute Gasteiger partial charge is 0.272 e. The van der Waals surface area contributed by atoms with Crippen molar-refractivity contribution in [1.82, 2.24) is 24.9 Å². The minimum Gasteiger partial charge on any atom is -0.356 e. The van der Waals surface area contributed by atoms with Crippen LogP contribution in [0.25, 0.3) is 0 Å². The van der Waals surface area contributed by atoms with Gasteiger partial charge in [-0.1, -0.05) is 18.2 Å². The Morgan fingerprint density at radius 3 is 2.71 bits per heavy atom. The van der Waals surface area contributed by atoms with Gasteiger partial charge in [0.2, 0.25) is 5.91 Å². The van der Waals surface area contributed by atoms with Gasteiger partial charge in [-0.15, -0.1) is 0 Å². The Balaban J connectivity index is 1.36. The van der Waals surface area contributed by atoms with E-state index in [1.807, 2.05) is 34.1 Å². The molecule has 9 nitrogen and oxygen atoms in total. The van der Waals surface area contributed by atoms with E-state index in [4.69, 9.17) is 0 Å². The van der Waals surface area contributed by atoms with Crippen molar-refractivity contribution < 1.29 is 14.4 Å². The summed E-state index contributed by atoms with van der Waals surface area (Å²) in [5.41, 5.74) is 1.49. The van der Waals surface area contributed by atoms with Crippen molar-refractivity contribution in [3.05, 3.63) is 47.8 Å². The van der Waals surface area contributed by atoms with Gasteiger partial charge in [-0.05, 0) is 50.8 Å². The zero-order chi connectivity index (χ0) is 24.2. The van der Waals surface area contributed by atoms with Crippen LogP contribution in [0.1, 0.15) is 48.2 Å². The fourth-order valence-electron chi connectivity index (χ4n) is 6.87. The van der Waals surface area contributed by atoms with Crippen molar-refractivity contribution >= 4 is 23.4 Å². The molecule has 0 aliphatic carbocycles. The van der Waals surface area contributed by atoms with Gasteiger partial charge in [0, 0.05) is 56.7 Å². The number of nitrogens with zero attached hydrogens (tertiary/aromatic N) is 5. The highest BCUT2D eigenvalue weighted by atomic mass is 16.2. The monoisotopic (exact) mass is 476 g/mol. The Hall–Kier alpha value is -3.20. The molecule has 1 aromatic heterocycles. The van der Waals surface area contributed by atoms with E-state index < -0.39 is 11.5 Å². The molecule has 4 aliphatic heterocycles. The van der Waals surface area contributed by atoms with Crippen LogP contribution in [-0.4, -0.2) is 76.1 Å². The molecule has 4 aliphatic rings. The van der Waals surface area contributed by atoms with Crippen molar-refractivity contribution in [3.63, 3.8) is 0 Å². The standard InChI is InChI=1S/C26H32N6O3/c1-29-22(10-12-28-29)24(34)30-13-5-11-27-23(33)20-17-18-7-4-16-32(18)26(20)19-8-2-3-9-21(19)31(25(26)35)15-6-14-30/h2-3,8-10,12,18,20H,4-7,11,13-17H2,1H3,(H,27,33)/t18-,20+,26+/m0/s1. The van der Waals surface area contributed by atoms with Gasteiger partial charge < -0.3 is 15.1 Å². The molecule has 1 spiro atoms. The van der Waals surface area contributed by atoms with Crippen LogP contribution in [0, 0.1) is 5.92 Å². The lowest BCUT2D eigenvalue weighted by atomic mass is 9.78. The van der Waals surface area contributed by atoms with Crippen LogP contribution in [0.15, 0.2) is 36.5 Å². The molecule has 3 atom stereocenters. The van der Waals surface area contributed by atoms with Crippen LogP contribution in [0.4, 0.5) is 5.69 Å². The maximum atomic E-state index is 14.3. The van der Waals surface area contributed by atoms with Crippen LogP contribution >= 0.6 is 0 Å². The molecule has 184 valence electrons. The quantitative estimate of drug-likeness (QED) is 0.674. The fraction of sp³-hybridized carbons (Fsp3) is 0.538. The van der Waals surface area contributed by atoms with Gasteiger partial charge in [0.05, 0.1) is 5.92 Å². The first kappa shape index (κ1) is 22.3. The van der Waals surface area contributed by atoms with E-state index in [2.05, 4.69) is 15.3 Å². The SMILES string of the molecule is Cn1nccc1C(=O)N1CCCNC(=O)[C@H]2C[C@@H]3CCCN3[C@@]23C(=O)N(CCC1)c1ccccc13. The van der Waals surface area contributed by atoms with Gasteiger partial charge >= 0.3 is 0 Å². The lowest BCUT2D eigenvalue weighted by Gasteiger charge is -2.37. The highest BCUT2D eigenvalue weighted by molar-refractivity contribution is 6.11. The number of nitrogens with one attached hydrogen (secondary N) is 1. The molecule has 3 fully saturated rings. The van der Waals surface area contributed by atoms with E-state index in [1.54, 1.807) is 24.0 Å². The maximum Gasteiger partial charge on any atom is 0.272 e. The fourth-order valence-corrected chi connectivity index (χ4v) is 6.87. The molecular weight excluding hydrogens is 444 g/mol. The summed E-state index contributed by atoms with van der Waals surface area (Å²) in [6.07, 6.45) is 5.75. The summed E-state index contributed by atoms with van der Waals surface area (Å²) in [7, 11) is 1.76. The average Bonchev–Trinajstić information content (AvgIpc) is 3.61. The van der Waals surface area contributed by atoms with Crippen LogP contribution < -0.4 is 10.2 Å². The number of carbonyl (C=O) groups is 3. The number of aromatic nitrogens is 2. The van der Waals surface area contributed by atoms with Crippen LogP contribution in [0.5, 0.6) is 0 Å². The minimum atomic E-state index is -0.917. The van der Waals surface area contributed by atoms with Crippen molar-refractivity contribution in [1.29, 1.82) is 0 Å². The number of aryl methyl sites for hydroxylation is 1. The topological polar surface area (TPSA) is 90.8 Å². The van der Waals surface area contributed by atoms with E-state index in [0.717, 1.165) is 30.6 Å². The molecule has 0 saturated carbocycles. The highest BCUT2D eigenvalue weighted by Crippen LogP contribution is 2.57. The molecule has 5 heterocycles. The van der Waals surface area contributed by atoms with E-state index in [9.17, 15) is 14.4 Å². The summed E-state index contributed by atoms with van der Waals surface area (Å²) < 4.78 is 1.59. The second kappa shape index (κ2) is 8.48. The first-order valence-electron chi connectivity index (χ1n) is 12.8. The molecular formula is C26H32N6O3. The van der Waals surface area contributed by atoms with E-state index in [1.165, 1.54) is 0 Å². The summed E-state index contributed by atoms with van der Waals surface area (Å²) in [5, 5.41) is 7.26. The number of hydrogen-bond donors (Lipinski definition) is 1. The van der Waals surface area contributed by atoms with E-state index >= 15 is 0 Å². The minimum absolute atomic E-state index is 0.0204. The number of anilines is 1. The number of amides is 3. The van der Waals surface area contributed by atoms with Gasteiger partial charge in [0.15, 0.2) is 0 Å². The largest absolute Gasteiger partial charge is 0.356 e. The van der Waals surface area contributed by atoms with E-state index in [0.29, 0.717) is 51.1 Å². The Kier molecular flexibility index (Phi) is 5.40. The average molecular weight is 477 g/mol. The number of benzene rings is 1. The predicted molar refractivity (Wildman–Crippen MR) is 130 cm³/mol. The first-order valence-corrected chi connectivity index (χ1v) is 12.8. The number of carbonyl (C=O) groups excluding carboxylic acids is 3. The van der Waals surface area contributed by atoms with Crippen LogP contribution in [0.2, 0.25) is 0 Å². The lowest BCUT2D eigenvalue weighted by molar-refractivity contribution is -0.138.